The number of nitriles is 1. The molecule has 19 aliphatic carbocycles. The second kappa shape index (κ2) is 38.5. The van der Waals surface area contributed by atoms with E-state index in [4.69, 9.17) is 25.0 Å². The summed E-state index contributed by atoms with van der Waals surface area (Å²) >= 11 is 0. The van der Waals surface area contributed by atoms with Gasteiger partial charge in [0.1, 0.15) is 12.6 Å². The summed E-state index contributed by atoms with van der Waals surface area (Å²) in [4.78, 5) is 64.7. The third-order valence-electron chi connectivity index (χ3n) is 43.2. The monoisotopic (exact) mass is 1870 g/mol. The van der Waals surface area contributed by atoms with Gasteiger partial charge in [0.15, 0.2) is 28.8 Å². The van der Waals surface area contributed by atoms with E-state index in [0.717, 1.165) is 196 Å². The second-order valence-electron chi connectivity index (χ2n) is 51.1. The molecule has 19 aliphatic rings. The molecule has 4 aromatic rings. The van der Waals surface area contributed by atoms with Gasteiger partial charge in [0.05, 0.1) is 79.8 Å². The zero-order valence-electron chi connectivity index (χ0n) is 81.2. The van der Waals surface area contributed by atoms with Crippen molar-refractivity contribution in [3.63, 3.8) is 0 Å². The molecule has 0 amide bonds. The van der Waals surface area contributed by atoms with Crippen LogP contribution in [0.3, 0.4) is 0 Å². The predicted octanol–water partition coefficient (Wildman–Crippen LogP) is 24.7. The highest BCUT2D eigenvalue weighted by Crippen LogP contribution is 2.74. The predicted molar refractivity (Wildman–Crippen MR) is 528 cm³/mol. The SMILES string of the molecule is C.C.C.C.C[C@@]1(O)CC[C@H]2[C@H](CC[C@@H]3[C@@H]2CC[C@@]2(C)[C@H]3[C@H](C3CC3)C[C@@H]2C(=O)Cn2ccc(C#N)n2)C1.[C-]#[N+]c1cn(CC(=O)[C@H]2C[C@@H](C)[C@H]3[C@@H]4CC[C@@H]5C[C@](C)(O)CC[C@@H]5[C@H]4CC[C@@]32C)nc1C1CC1.[C-]#[N+]c1cnn(CC(=O)[C@H]2C[C@@H](C)[C@H]3[C@@H]4CC[C@@H]5C[C@](C)(O)CC[C@@H]5[C@H]4CC[C@@]32C)c1F.[C-]#[N+]c1cnn(CC(=O)[C@H]2C[C@@H](C3CC3)[C@H]3[C@@H]4CC[C@@H]5C[C@](C)(O)CC[C@@H]5[C@H]4CC[C@@]32C)c1. The van der Waals surface area contributed by atoms with Crippen LogP contribution in [0, 0.1) is 236 Å². The van der Waals surface area contributed by atoms with Crippen molar-refractivity contribution in [2.24, 2.45) is 199 Å². The standard InChI is InChI=1S/C29H41N3O2.2C28H39N3O2.C26H36FN3O2.4CH4/c1-17-13-23(25(33)16-32-15-24(30-4)27(31-32)18-5-6-18)29(3)12-10-21-20-9-11-28(2,34)14-19(20)7-8-22(21)26(17)29;1-27(33)10-8-20-18(13-27)6-7-22-21(20)9-11-28(2)24(12-23(26(22)28)17-4-5-17)25(32)16-31-15-19(29-3)14-30-31;1-27(33)10-7-20-18(14-27)5-6-22-21(20)8-11-28(2)24(13-23(26(22)28)17-3-4-17)25(32)16-31-12-9-19(15-29)30-31;1-15-11-20(22(31)14-30-24(27)21(28-4)13-29-30)26(3)10-8-18-17-7-9-25(2,32)12-16(17)5-6-19(18)23(15)26;;;;/h15,17-23,26,34H,5-14,16H2,1-3H3;14-15,17-18,20-24,26,33H,4-13,16H2,1-2H3;9,12,17-18,20-24,26,33H,3-8,10-11,13-14,16H2,1-2H3;13,15-20,23,32H,5-12,14H2,1-3H3;4*1H4/t17-,19-,20+,21-,22-,23-,26+,28-,29-;2*18-,20+,21-,22-,23+,24-,26-,27-,28-;15-,16-,17+,18-,19-,20-,23+,25-,26-;;;;/m1111..../s1. The number of Topliss-reactive ketones (excluding diaryl/α,β-unsaturated/α-hetero) is 4. The van der Waals surface area contributed by atoms with Crippen LogP contribution >= 0.6 is 0 Å². The fourth-order valence-electron chi connectivity index (χ4n) is 37.6. The van der Waals surface area contributed by atoms with Crippen molar-refractivity contribution < 1.29 is 44.0 Å². The second-order valence-corrected chi connectivity index (χ2v) is 51.1. The molecule has 21 heteroatoms. The first kappa shape index (κ1) is 102. The molecule has 0 saturated heterocycles. The Morgan fingerprint density at radius 3 is 1.10 bits per heavy atom. The molecule has 0 aliphatic heterocycles. The van der Waals surface area contributed by atoms with Crippen LogP contribution in [0.15, 0.2) is 37.1 Å². The van der Waals surface area contributed by atoms with Crippen LogP contribution in [-0.2, 0) is 45.4 Å². The van der Waals surface area contributed by atoms with Gasteiger partial charge in [-0.1, -0.05) is 71.2 Å². The van der Waals surface area contributed by atoms with Crippen LogP contribution in [0.4, 0.5) is 21.5 Å². The first-order chi connectivity index (χ1) is 62.9. The summed E-state index contributed by atoms with van der Waals surface area (Å²) in [5.41, 5.74) is 0.752. The summed E-state index contributed by atoms with van der Waals surface area (Å²) in [6, 6.07) is 3.77. The molecule has 746 valence electrons. The lowest BCUT2D eigenvalue weighted by Crippen LogP contribution is -2.52. The van der Waals surface area contributed by atoms with E-state index in [9.17, 15) is 44.0 Å². The molecule has 36 atom stereocenters. The minimum absolute atomic E-state index is 0. The summed E-state index contributed by atoms with van der Waals surface area (Å²) in [6.07, 6.45) is 51.9. The van der Waals surface area contributed by atoms with Crippen molar-refractivity contribution in [2.75, 3.05) is 0 Å². The number of rotatable bonds is 15. The van der Waals surface area contributed by atoms with Crippen LogP contribution < -0.4 is 0 Å². The first-order valence-electron chi connectivity index (χ1n) is 53.3. The number of carbonyl (C=O) groups is 4. The summed E-state index contributed by atoms with van der Waals surface area (Å²) < 4.78 is 20.5. The Morgan fingerprint density at radius 1 is 0.397 bits per heavy atom. The Morgan fingerprint density at radius 2 is 0.750 bits per heavy atom. The van der Waals surface area contributed by atoms with Crippen LogP contribution in [0.5, 0.6) is 0 Å². The van der Waals surface area contributed by atoms with Gasteiger partial charge in [-0.3, -0.25) is 33.2 Å². The normalized spacial score (nSPS) is 44.8. The van der Waals surface area contributed by atoms with Gasteiger partial charge < -0.3 is 20.4 Å². The molecule has 0 bridgehead atoms. The van der Waals surface area contributed by atoms with E-state index in [1.54, 1.807) is 38.7 Å². The van der Waals surface area contributed by atoms with Crippen LogP contribution in [-0.4, -0.2) is 105 Å². The van der Waals surface area contributed by atoms with E-state index in [1.165, 1.54) is 147 Å². The van der Waals surface area contributed by atoms with Crippen molar-refractivity contribution in [3.05, 3.63) is 88.6 Å². The molecule has 0 unspecified atom stereocenters. The molecule has 4 heterocycles. The van der Waals surface area contributed by atoms with E-state index >= 15 is 0 Å². The number of halogens is 1. The topological polar surface area (TPSA) is 257 Å². The number of aromatic nitrogens is 8. The molecule has 4 N–H and O–H groups in total. The van der Waals surface area contributed by atoms with Crippen molar-refractivity contribution in [1.29, 1.82) is 5.26 Å². The molecular weight excluding hydrogens is 1700 g/mol. The molecule has 136 heavy (non-hydrogen) atoms. The van der Waals surface area contributed by atoms with Gasteiger partial charge in [-0.05, 0) is 459 Å². The van der Waals surface area contributed by atoms with E-state index in [1.807, 2.05) is 33.9 Å². The van der Waals surface area contributed by atoms with Crippen LogP contribution in [0.25, 0.3) is 14.5 Å². The van der Waals surface area contributed by atoms with Crippen LogP contribution in [0.2, 0.25) is 0 Å². The van der Waals surface area contributed by atoms with Gasteiger partial charge in [-0.25, -0.2) is 19.2 Å². The Hall–Kier alpha value is -6.75. The Bertz CT molecular complexity index is 5010. The maximum absolute atomic E-state index is 14.3. The van der Waals surface area contributed by atoms with Gasteiger partial charge >= 0.3 is 0 Å². The van der Waals surface area contributed by atoms with Gasteiger partial charge in [0, 0.05) is 42.3 Å². The van der Waals surface area contributed by atoms with E-state index in [-0.39, 0.29) is 93.1 Å². The van der Waals surface area contributed by atoms with Gasteiger partial charge in [-0.2, -0.15) is 30.0 Å². The van der Waals surface area contributed by atoms with Crippen molar-refractivity contribution >= 4 is 40.2 Å². The lowest BCUT2D eigenvalue weighted by atomic mass is 9.48. The molecular formula is C115H171FN12O8. The lowest BCUT2D eigenvalue weighted by molar-refractivity contribution is -0.134. The highest BCUT2D eigenvalue weighted by atomic mass is 19.1. The average molecular weight is 1870 g/mol. The van der Waals surface area contributed by atoms with Crippen molar-refractivity contribution in [1.82, 2.24) is 39.1 Å². The number of hydrogen-bond acceptors (Lipinski definition) is 13. The molecule has 20 nitrogen and oxygen atoms in total. The zero-order chi connectivity index (χ0) is 92.6. The van der Waals surface area contributed by atoms with Gasteiger partial charge in [0.25, 0.3) is 5.69 Å². The van der Waals surface area contributed by atoms with Gasteiger partial charge in [0.2, 0.25) is 17.3 Å². The largest absolute Gasteiger partial charge is 0.390 e. The Kier molecular flexibility index (Phi) is 28.9. The van der Waals surface area contributed by atoms with Crippen molar-refractivity contribution in [3.8, 4) is 6.07 Å². The highest BCUT2D eigenvalue weighted by molar-refractivity contribution is 5.84. The molecule has 4 aromatic heterocycles. The minimum Gasteiger partial charge on any atom is -0.390 e. The van der Waals surface area contributed by atoms with Crippen LogP contribution in [0.1, 0.15) is 360 Å². The number of fused-ring (bicyclic) bond motifs is 20. The number of aliphatic hydroxyl groups is 4. The maximum Gasteiger partial charge on any atom is 0.259 e. The number of carbonyl (C=O) groups excluding carboxylic acids is 4. The number of hydrogen-bond donors (Lipinski definition) is 4. The lowest BCUT2D eigenvalue weighted by Gasteiger charge is -2.57. The maximum atomic E-state index is 14.3. The third-order valence-corrected chi connectivity index (χ3v) is 43.2. The molecule has 19 fully saturated rings. The fourth-order valence-corrected chi connectivity index (χ4v) is 37.6. The summed E-state index contributed by atoms with van der Waals surface area (Å²) in [6.45, 7) is 45.1. The first-order valence-corrected chi connectivity index (χ1v) is 53.3. The summed E-state index contributed by atoms with van der Waals surface area (Å²) in [5.74, 6) is 19.8. The summed E-state index contributed by atoms with van der Waals surface area (Å²) in [7, 11) is 0. The molecule has 23 rings (SSSR count). The third kappa shape index (κ3) is 18.7. The average Bonchev–Trinajstić information content (AvgIpc) is 1.55. The van der Waals surface area contributed by atoms with Crippen molar-refractivity contribution in [2.45, 2.75) is 397 Å². The fraction of sp³-hybridized carbons (Fsp3) is 0.826. The van der Waals surface area contributed by atoms with Gasteiger partial charge in [-0.15, -0.1) is 0 Å². The Balaban J connectivity index is 0.000000130. The number of ketones is 4. The molecule has 0 radical (unpaired) electrons. The quantitative estimate of drug-likeness (QED) is 0.0809. The smallest absolute Gasteiger partial charge is 0.259 e. The van der Waals surface area contributed by atoms with E-state index < -0.39 is 28.4 Å². The number of nitrogens with zero attached hydrogens (tertiary/aromatic N) is 12. The van der Waals surface area contributed by atoms with E-state index in [2.05, 4.69) is 82.5 Å². The summed E-state index contributed by atoms with van der Waals surface area (Å²) in [5, 5.41) is 68.9. The zero-order valence-corrected chi connectivity index (χ0v) is 81.2. The van der Waals surface area contributed by atoms with E-state index in [0.29, 0.717) is 131 Å². The highest BCUT2D eigenvalue weighted by Gasteiger charge is 2.69. The molecule has 0 spiro atoms. The molecule has 0 aromatic carbocycles. The minimum atomic E-state index is -0.698. The Labute approximate surface area is 815 Å². The molecule has 19 saturated carbocycles.